The Bertz CT molecular complexity index is 979. The lowest BCUT2D eigenvalue weighted by molar-refractivity contribution is -0.120. The first-order valence-corrected chi connectivity index (χ1v) is 9.84. The van der Waals surface area contributed by atoms with Gasteiger partial charge in [0.2, 0.25) is 11.8 Å². The van der Waals surface area contributed by atoms with Crippen LogP contribution in [0.3, 0.4) is 0 Å². The summed E-state index contributed by atoms with van der Waals surface area (Å²) in [6.45, 7) is 2.90. The van der Waals surface area contributed by atoms with Crippen LogP contribution >= 0.6 is 0 Å². The fourth-order valence-corrected chi connectivity index (χ4v) is 3.67. The van der Waals surface area contributed by atoms with Crippen LogP contribution in [-0.2, 0) is 16.0 Å². The van der Waals surface area contributed by atoms with E-state index in [4.69, 9.17) is 4.42 Å². The number of hydrogen-bond donors (Lipinski definition) is 2. The van der Waals surface area contributed by atoms with Gasteiger partial charge in [-0.3, -0.25) is 9.59 Å². The van der Waals surface area contributed by atoms with Crippen molar-refractivity contribution in [3.05, 3.63) is 54.1 Å². The van der Waals surface area contributed by atoms with Crippen LogP contribution in [0.2, 0.25) is 0 Å². The van der Waals surface area contributed by atoms with E-state index in [1.54, 1.807) is 12.1 Å². The standard InChI is InChI=1S/C22H24N4O3/c1-15(27)24-17-10-8-16(9-11-17)13-21(28)23-14-18-5-4-12-26(18)22-25-19-6-2-3-7-20(19)29-22/h2-3,6-11,18H,4-5,12-14H2,1H3,(H,23,28)(H,24,27)/t18-/m1/s1. The van der Waals surface area contributed by atoms with Gasteiger partial charge in [0.25, 0.3) is 6.01 Å². The minimum absolute atomic E-state index is 0.0262. The Labute approximate surface area is 169 Å². The van der Waals surface area contributed by atoms with Crippen LogP contribution in [0, 0.1) is 0 Å². The molecule has 3 aromatic rings. The molecule has 0 radical (unpaired) electrons. The molecular weight excluding hydrogens is 368 g/mol. The van der Waals surface area contributed by atoms with Crippen LogP contribution in [-0.4, -0.2) is 35.9 Å². The molecule has 7 heteroatoms. The molecule has 4 rings (SSSR count). The third-order valence-corrected chi connectivity index (χ3v) is 5.08. The van der Waals surface area contributed by atoms with Gasteiger partial charge in [-0.1, -0.05) is 24.3 Å². The monoisotopic (exact) mass is 392 g/mol. The minimum atomic E-state index is -0.115. The van der Waals surface area contributed by atoms with Crippen molar-refractivity contribution in [2.24, 2.45) is 0 Å². The third-order valence-electron chi connectivity index (χ3n) is 5.08. The summed E-state index contributed by atoms with van der Waals surface area (Å²) in [5, 5.41) is 5.75. The van der Waals surface area contributed by atoms with E-state index in [-0.39, 0.29) is 17.9 Å². The molecule has 29 heavy (non-hydrogen) atoms. The fraction of sp³-hybridized carbons (Fsp3) is 0.318. The van der Waals surface area contributed by atoms with Crippen molar-refractivity contribution in [1.82, 2.24) is 10.3 Å². The molecule has 2 heterocycles. The van der Waals surface area contributed by atoms with E-state index in [1.807, 2.05) is 36.4 Å². The van der Waals surface area contributed by atoms with Crippen molar-refractivity contribution in [2.75, 3.05) is 23.3 Å². The summed E-state index contributed by atoms with van der Waals surface area (Å²) in [5.74, 6) is -0.141. The molecule has 1 atom stereocenters. The highest BCUT2D eigenvalue weighted by molar-refractivity contribution is 5.88. The predicted octanol–water partition coefficient (Wildman–Crippen LogP) is 3.11. The van der Waals surface area contributed by atoms with Crippen LogP contribution in [0.25, 0.3) is 11.1 Å². The zero-order chi connectivity index (χ0) is 20.2. The van der Waals surface area contributed by atoms with E-state index < -0.39 is 0 Å². The van der Waals surface area contributed by atoms with E-state index in [0.29, 0.717) is 19.0 Å². The molecule has 1 aliphatic heterocycles. The first-order chi connectivity index (χ1) is 14.1. The molecule has 2 aromatic carbocycles. The normalized spacial score (nSPS) is 16.2. The zero-order valence-corrected chi connectivity index (χ0v) is 16.4. The Morgan fingerprint density at radius 3 is 2.72 bits per heavy atom. The average molecular weight is 392 g/mol. The quantitative estimate of drug-likeness (QED) is 0.673. The third kappa shape index (κ3) is 4.56. The maximum absolute atomic E-state index is 12.4. The first kappa shape index (κ1) is 19.0. The topological polar surface area (TPSA) is 87.5 Å². The lowest BCUT2D eigenvalue weighted by atomic mass is 10.1. The first-order valence-electron chi connectivity index (χ1n) is 9.84. The van der Waals surface area contributed by atoms with E-state index in [2.05, 4.69) is 20.5 Å². The summed E-state index contributed by atoms with van der Waals surface area (Å²) in [6, 6.07) is 15.8. The van der Waals surface area contributed by atoms with Crippen molar-refractivity contribution >= 4 is 34.6 Å². The SMILES string of the molecule is CC(=O)Nc1ccc(CC(=O)NC[C@H]2CCCN2c2nc3ccccc3o2)cc1. The lowest BCUT2D eigenvalue weighted by Gasteiger charge is -2.23. The Morgan fingerprint density at radius 2 is 1.97 bits per heavy atom. The van der Waals surface area contributed by atoms with Crippen LogP contribution in [0.15, 0.2) is 52.9 Å². The smallest absolute Gasteiger partial charge is 0.298 e. The zero-order valence-electron chi connectivity index (χ0n) is 16.4. The highest BCUT2D eigenvalue weighted by Crippen LogP contribution is 2.28. The van der Waals surface area contributed by atoms with Gasteiger partial charge in [-0.2, -0.15) is 4.98 Å². The van der Waals surface area contributed by atoms with Gasteiger partial charge in [0, 0.05) is 25.7 Å². The number of nitrogens with one attached hydrogen (secondary N) is 2. The molecule has 2 N–H and O–H groups in total. The van der Waals surface area contributed by atoms with E-state index in [1.165, 1.54) is 6.92 Å². The molecule has 1 fully saturated rings. The van der Waals surface area contributed by atoms with Gasteiger partial charge in [-0.25, -0.2) is 0 Å². The van der Waals surface area contributed by atoms with Crippen LogP contribution in [0.4, 0.5) is 11.7 Å². The Kier molecular flexibility index (Phi) is 5.46. The molecule has 1 aliphatic rings. The number of fused-ring (bicyclic) bond motifs is 1. The van der Waals surface area contributed by atoms with Crippen molar-refractivity contribution in [1.29, 1.82) is 0 Å². The Morgan fingerprint density at radius 1 is 1.17 bits per heavy atom. The molecule has 0 saturated carbocycles. The van der Waals surface area contributed by atoms with E-state index in [9.17, 15) is 9.59 Å². The second kappa shape index (κ2) is 8.34. The van der Waals surface area contributed by atoms with E-state index in [0.717, 1.165) is 41.7 Å². The maximum Gasteiger partial charge on any atom is 0.298 e. The van der Waals surface area contributed by atoms with Gasteiger partial charge >= 0.3 is 0 Å². The number of para-hydroxylation sites is 2. The number of oxazole rings is 1. The summed E-state index contributed by atoms with van der Waals surface area (Å²) in [7, 11) is 0. The van der Waals surface area contributed by atoms with Crippen molar-refractivity contribution < 1.29 is 14.0 Å². The number of aromatic nitrogens is 1. The lowest BCUT2D eigenvalue weighted by Crippen LogP contribution is -2.40. The molecule has 0 aliphatic carbocycles. The highest BCUT2D eigenvalue weighted by atomic mass is 16.4. The summed E-state index contributed by atoms with van der Waals surface area (Å²) in [4.78, 5) is 30.2. The van der Waals surface area contributed by atoms with Crippen molar-refractivity contribution in [3.8, 4) is 0 Å². The summed E-state index contributed by atoms with van der Waals surface area (Å²) >= 11 is 0. The minimum Gasteiger partial charge on any atom is -0.423 e. The van der Waals surface area contributed by atoms with Crippen LogP contribution in [0.5, 0.6) is 0 Å². The molecule has 0 spiro atoms. The molecule has 2 amide bonds. The van der Waals surface area contributed by atoms with Crippen LogP contribution in [0.1, 0.15) is 25.3 Å². The van der Waals surface area contributed by atoms with Gasteiger partial charge in [0.1, 0.15) is 5.52 Å². The summed E-state index contributed by atoms with van der Waals surface area (Å²) < 4.78 is 5.90. The highest BCUT2D eigenvalue weighted by Gasteiger charge is 2.28. The van der Waals surface area contributed by atoms with Gasteiger partial charge in [-0.05, 0) is 42.7 Å². The second-order valence-electron chi connectivity index (χ2n) is 7.31. The number of carbonyl (C=O) groups excluding carboxylic acids is 2. The average Bonchev–Trinajstić information content (AvgIpc) is 3.33. The van der Waals surface area contributed by atoms with Gasteiger partial charge in [0.15, 0.2) is 5.58 Å². The number of benzene rings is 2. The number of nitrogens with zero attached hydrogens (tertiary/aromatic N) is 2. The molecule has 1 aromatic heterocycles. The molecule has 0 unspecified atom stereocenters. The van der Waals surface area contributed by atoms with Crippen LogP contribution < -0.4 is 15.5 Å². The largest absolute Gasteiger partial charge is 0.423 e. The summed E-state index contributed by atoms with van der Waals surface area (Å²) in [5.41, 5.74) is 3.25. The molecule has 0 bridgehead atoms. The maximum atomic E-state index is 12.4. The van der Waals surface area contributed by atoms with Gasteiger partial charge in [-0.15, -0.1) is 0 Å². The Hall–Kier alpha value is -3.35. The van der Waals surface area contributed by atoms with Crippen molar-refractivity contribution in [2.45, 2.75) is 32.2 Å². The molecule has 150 valence electrons. The number of hydrogen-bond acceptors (Lipinski definition) is 5. The van der Waals surface area contributed by atoms with Crippen molar-refractivity contribution in [3.63, 3.8) is 0 Å². The fourth-order valence-electron chi connectivity index (χ4n) is 3.67. The second-order valence-corrected chi connectivity index (χ2v) is 7.31. The van der Waals surface area contributed by atoms with Gasteiger partial charge in [0.05, 0.1) is 12.5 Å². The summed E-state index contributed by atoms with van der Waals surface area (Å²) in [6.07, 6.45) is 2.34. The number of amides is 2. The number of carbonyl (C=O) groups is 2. The molecule has 1 saturated heterocycles. The Balaban J connectivity index is 1.33. The number of rotatable bonds is 6. The predicted molar refractivity (Wildman–Crippen MR) is 112 cm³/mol. The molecule has 7 nitrogen and oxygen atoms in total. The number of anilines is 2. The van der Waals surface area contributed by atoms with Gasteiger partial charge < -0.3 is 20.0 Å². The molecular formula is C22H24N4O3. The van der Waals surface area contributed by atoms with E-state index >= 15 is 0 Å².